The quantitative estimate of drug-likeness (QED) is 0.592. The molecule has 3 aromatic rings. The number of rotatable bonds is 5. The van der Waals surface area contributed by atoms with Crippen LogP contribution < -0.4 is 10.6 Å². The molecular formula is C25H29N5S. The summed E-state index contributed by atoms with van der Waals surface area (Å²) >= 11 is 5.50. The average molecular weight is 432 g/mol. The monoisotopic (exact) mass is 431 g/mol. The van der Waals surface area contributed by atoms with Crippen molar-refractivity contribution in [3.05, 3.63) is 72.4 Å². The van der Waals surface area contributed by atoms with E-state index < -0.39 is 0 Å². The van der Waals surface area contributed by atoms with Crippen molar-refractivity contribution >= 4 is 23.0 Å². The molecule has 0 aliphatic carbocycles. The van der Waals surface area contributed by atoms with Gasteiger partial charge in [0.1, 0.15) is 0 Å². The first-order chi connectivity index (χ1) is 15.2. The molecule has 2 N–H and O–H groups in total. The molecule has 4 unspecified atom stereocenters. The number of piperidine rings is 3. The molecule has 160 valence electrons. The molecule has 3 saturated heterocycles. The first kappa shape index (κ1) is 20.2. The van der Waals surface area contributed by atoms with Crippen LogP contribution in [-0.2, 0) is 7.05 Å². The third-order valence-corrected chi connectivity index (χ3v) is 7.02. The largest absolute Gasteiger partial charge is 0.361 e. The normalized spacial score (nSPS) is 24.7. The summed E-state index contributed by atoms with van der Waals surface area (Å²) in [6, 6.07) is 23.4. The minimum Gasteiger partial charge on any atom is -0.361 e. The molecule has 0 amide bonds. The van der Waals surface area contributed by atoms with Crippen molar-refractivity contribution in [2.45, 2.75) is 24.8 Å². The molecule has 0 radical (unpaired) electrons. The van der Waals surface area contributed by atoms with Crippen molar-refractivity contribution in [3.8, 4) is 11.3 Å². The number of thiocarbonyl (C=S) groups is 1. The molecule has 2 aromatic carbocycles. The molecule has 1 aromatic heterocycles. The van der Waals surface area contributed by atoms with Crippen LogP contribution in [-0.4, -0.2) is 45.5 Å². The maximum absolute atomic E-state index is 5.50. The van der Waals surface area contributed by atoms with E-state index in [1.165, 1.54) is 30.6 Å². The molecule has 31 heavy (non-hydrogen) atoms. The number of nitrogens with one attached hydrogen (secondary N) is 2. The third-order valence-electron chi connectivity index (χ3n) is 6.77. The summed E-state index contributed by atoms with van der Waals surface area (Å²) in [5, 5.41) is 12.2. The van der Waals surface area contributed by atoms with E-state index in [-0.39, 0.29) is 0 Å². The lowest BCUT2D eigenvalue weighted by Crippen LogP contribution is -2.56. The Balaban J connectivity index is 1.21. The summed E-state index contributed by atoms with van der Waals surface area (Å²) < 4.78 is 2.10. The maximum Gasteiger partial charge on any atom is 0.170 e. The Labute approximate surface area is 189 Å². The fourth-order valence-corrected chi connectivity index (χ4v) is 5.37. The highest BCUT2D eigenvalue weighted by molar-refractivity contribution is 7.80. The molecule has 2 bridgehead atoms. The molecule has 4 heterocycles. The number of aromatic nitrogens is 2. The first-order valence-electron chi connectivity index (χ1n) is 11.1. The zero-order valence-corrected chi connectivity index (χ0v) is 18.7. The summed E-state index contributed by atoms with van der Waals surface area (Å²) in [5.74, 6) is 1.25. The highest BCUT2D eigenvalue weighted by atomic mass is 32.1. The Kier molecular flexibility index (Phi) is 5.74. The van der Waals surface area contributed by atoms with Gasteiger partial charge in [0, 0.05) is 49.0 Å². The van der Waals surface area contributed by atoms with Gasteiger partial charge in [-0.15, -0.1) is 0 Å². The average Bonchev–Trinajstić information content (AvgIpc) is 3.21. The lowest BCUT2D eigenvalue weighted by Gasteiger charge is -2.50. The Morgan fingerprint density at radius 2 is 1.84 bits per heavy atom. The number of anilines is 1. The second kappa shape index (κ2) is 8.81. The van der Waals surface area contributed by atoms with E-state index in [2.05, 4.69) is 63.7 Å². The van der Waals surface area contributed by atoms with Gasteiger partial charge in [0.2, 0.25) is 0 Å². The van der Waals surface area contributed by atoms with Gasteiger partial charge in [0.05, 0.1) is 5.69 Å². The van der Waals surface area contributed by atoms with E-state index in [1.807, 2.05) is 30.3 Å². The number of aryl methyl sites for hydroxylation is 1. The van der Waals surface area contributed by atoms with Gasteiger partial charge in [-0.25, -0.2) is 0 Å². The molecule has 0 saturated carbocycles. The van der Waals surface area contributed by atoms with Crippen molar-refractivity contribution in [3.63, 3.8) is 0 Å². The summed E-state index contributed by atoms with van der Waals surface area (Å²) in [4.78, 5) is 2.64. The van der Waals surface area contributed by atoms with Gasteiger partial charge >= 0.3 is 0 Å². The molecule has 3 aliphatic rings. The van der Waals surface area contributed by atoms with Crippen LogP contribution in [0.4, 0.5) is 5.69 Å². The number of benzene rings is 2. The molecule has 3 fully saturated rings. The van der Waals surface area contributed by atoms with Crippen molar-refractivity contribution in [2.75, 3.05) is 25.0 Å². The minimum atomic E-state index is 0.535. The summed E-state index contributed by atoms with van der Waals surface area (Å²) in [6.07, 6.45) is 2.47. The highest BCUT2D eigenvalue weighted by Gasteiger charge is 2.41. The second-order valence-electron chi connectivity index (χ2n) is 8.68. The standard InChI is InChI=1S/C25H29N5S/c1-29-24(15-23(28-29)18-8-4-2-5-9-18)22-17-30-13-12-19(22)14-21(30)16-26-25(31)27-20-10-6-3-7-11-20/h2-11,15,19,21-22H,12-14,16-17H2,1H3,(H2,26,27,31). The maximum atomic E-state index is 5.50. The van der Waals surface area contributed by atoms with E-state index in [4.69, 9.17) is 17.3 Å². The summed E-state index contributed by atoms with van der Waals surface area (Å²) in [6.45, 7) is 3.17. The van der Waals surface area contributed by atoms with Gasteiger partial charge in [-0.2, -0.15) is 5.10 Å². The van der Waals surface area contributed by atoms with Crippen LogP contribution in [0.2, 0.25) is 0 Å². The summed E-state index contributed by atoms with van der Waals surface area (Å²) in [7, 11) is 2.09. The van der Waals surface area contributed by atoms with Crippen LogP contribution in [0, 0.1) is 5.92 Å². The molecule has 0 spiro atoms. The predicted octanol–water partition coefficient (Wildman–Crippen LogP) is 4.25. The zero-order chi connectivity index (χ0) is 21.2. The van der Waals surface area contributed by atoms with Crippen LogP contribution in [0.5, 0.6) is 0 Å². The molecular weight excluding hydrogens is 402 g/mol. The van der Waals surface area contributed by atoms with Crippen molar-refractivity contribution in [1.82, 2.24) is 20.0 Å². The van der Waals surface area contributed by atoms with Gasteiger partial charge < -0.3 is 10.6 Å². The van der Waals surface area contributed by atoms with Crippen molar-refractivity contribution in [2.24, 2.45) is 13.0 Å². The number of hydrogen-bond donors (Lipinski definition) is 2. The fraction of sp³-hybridized carbons (Fsp3) is 0.360. The fourth-order valence-electron chi connectivity index (χ4n) is 5.17. The predicted molar refractivity (Wildman–Crippen MR) is 130 cm³/mol. The SMILES string of the molecule is Cn1nc(-c2ccccc2)cc1C1CN2CCC1CC2CNC(=S)Nc1ccccc1. The van der Waals surface area contributed by atoms with Crippen molar-refractivity contribution in [1.29, 1.82) is 0 Å². The first-order valence-corrected chi connectivity index (χ1v) is 11.5. The molecule has 6 heteroatoms. The van der Waals surface area contributed by atoms with E-state index in [0.717, 1.165) is 24.5 Å². The minimum absolute atomic E-state index is 0.535. The van der Waals surface area contributed by atoms with E-state index in [1.54, 1.807) is 0 Å². The number of nitrogens with zero attached hydrogens (tertiary/aromatic N) is 3. The molecule has 5 nitrogen and oxygen atoms in total. The van der Waals surface area contributed by atoms with Crippen LogP contribution in [0.3, 0.4) is 0 Å². The van der Waals surface area contributed by atoms with Crippen LogP contribution in [0.25, 0.3) is 11.3 Å². The van der Waals surface area contributed by atoms with Crippen molar-refractivity contribution < 1.29 is 0 Å². The van der Waals surface area contributed by atoms with Crippen LogP contribution in [0.15, 0.2) is 66.7 Å². The topological polar surface area (TPSA) is 45.1 Å². The second-order valence-corrected chi connectivity index (χ2v) is 9.09. The van der Waals surface area contributed by atoms with Gasteiger partial charge in [0.25, 0.3) is 0 Å². The van der Waals surface area contributed by atoms with Gasteiger partial charge in [-0.05, 0) is 55.7 Å². The number of para-hydroxylation sites is 1. The van der Waals surface area contributed by atoms with Crippen LogP contribution >= 0.6 is 12.2 Å². The zero-order valence-electron chi connectivity index (χ0n) is 17.9. The van der Waals surface area contributed by atoms with Gasteiger partial charge in [-0.3, -0.25) is 9.58 Å². The lowest BCUT2D eigenvalue weighted by molar-refractivity contribution is 0.0303. The molecule has 3 aliphatic heterocycles. The number of fused-ring (bicyclic) bond motifs is 3. The van der Waals surface area contributed by atoms with E-state index in [0.29, 0.717) is 23.0 Å². The van der Waals surface area contributed by atoms with E-state index >= 15 is 0 Å². The van der Waals surface area contributed by atoms with E-state index in [9.17, 15) is 0 Å². The number of hydrogen-bond acceptors (Lipinski definition) is 3. The molecule has 6 rings (SSSR count). The van der Waals surface area contributed by atoms with Gasteiger partial charge in [0.15, 0.2) is 5.11 Å². The van der Waals surface area contributed by atoms with Crippen LogP contribution in [0.1, 0.15) is 24.5 Å². The highest BCUT2D eigenvalue weighted by Crippen LogP contribution is 2.42. The Morgan fingerprint density at radius 3 is 2.55 bits per heavy atom. The van der Waals surface area contributed by atoms with Gasteiger partial charge in [-0.1, -0.05) is 48.5 Å². The third kappa shape index (κ3) is 4.36. The molecule has 4 atom stereocenters. The lowest BCUT2D eigenvalue weighted by atomic mass is 9.74. The summed E-state index contributed by atoms with van der Waals surface area (Å²) in [5.41, 5.74) is 4.65. The Morgan fingerprint density at radius 1 is 1.10 bits per heavy atom. The Hall–Kier alpha value is -2.70. The smallest absolute Gasteiger partial charge is 0.170 e. The Bertz CT molecular complexity index is 1030.